The van der Waals surface area contributed by atoms with E-state index in [0.717, 1.165) is 0 Å². The van der Waals surface area contributed by atoms with Crippen molar-refractivity contribution < 1.29 is 14.3 Å². The summed E-state index contributed by atoms with van der Waals surface area (Å²) in [7, 11) is 0. The van der Waals surface area contributed by atoms with Crippen molar-refractivity contribution in [2.45, 2.75) is 6.54 Å². The minimum atomic E-state index is -0.600. The van der Waals surface area contributed by atoms with Crippen LogP contribution in [-0.4, -0.2) is 11.0 Å². The molecule has 0 bridgehead atoms. The first-order valence-corrected chi connectivity index (χ1v) is 6.38. The number of rotatable bonds is 3. The molecule has 5 heteroatoms. The predicted octanol–water partition coefficient (Wildman–Crippen LogP) is 3.22. The molecular weight excluding hydrogens is 313 g/mol. The van der Waals surface area contributed by atoms with E-state index in [-0.39, 0.29) is 22.3 Å². The van der Waals surface area contributed by atoms with Gasteiger partial charge in [-0.05, 0) is 34.1 Å². The summed E-state index contributed by atoms with van der Waals surface area (Å²) in [6.45, 7) is 0.136. The van der Waals surface area contributed by atoms with E-state index in [0.29, 0.717) is 5.56 Å². The van der Waals surface area contributed by atoms with Gasteiger partial charge in [-0.1, -0.05) is 24.3 Å². The number of hydrogen-bond acceptors (Lipinski definition) is 2. The summed E-state index contributed by atoms with van der Waals surface area (Å²) in [6.07, 6.45) is 0. The second-order valence-electron chi connectivity index (χ2n) is 3.91. The van der Waals surface area contributed by atoms with Crippen LogP contribution >= 0.6 is 15.9 Å². The summed E-state index contributed by atoms with van der Waals surface area (Å²) < 4.78 is 13.9. The van der Waals surface area contributed by atoms with Crippen molar-refractivity contribution >= 4 is 21.8 Å². The Morgan fingerprint density at radius 1 is 1.21 bits per heavy atom. The third-order valence-corrected chi connectivity index (χ3v) is 3.24. The summed E-state index contributed by atoms with van der Waals surface area (Å²) in [5.41, 5.74) is 0.538. The van der Waals surface area contributed by atoms with Crippen molar-refractivity contribution in [2.75, 3.05) is 0 Å². The molecule has 0 saturated heterocycles. The molecule has 0 aliphatic rings. The highest BCUT2D eigenvalue weighted by Crippen LogP contribution is 2.19. The van der Waals surface area contributed by atoms with Crippen LogP contribution in [-0.2, 0) is 6.54 Å². The first kappa shape index (κ1) is 13.5. The number of carbonyl (C=O) groups is 1. The van der Waals surface area contributed by atoms with Crippen LogP contribution in [0.1, 0.15) is 15.9 Å². The molecule has 0 heterocycles. The molecule has 0 aliphatic carbocycles. The van der Waals surface area contributed by atoms with E-state index in [4.69, 9.17) is 0 Å². The normalized spacial score (nSPS) is 10.2. The molecule has 2 aromatic rings. The monoisotopic (exact) mass is 323 g/mol. The Morgan fingerprint density at radius 3 is 2.68 bits per heavy atom. The Morgan fingerprint density at radius 2 is 1.95 bits per heavy atom. The largest absolute Gasteiger partial charge is 0.508 e. The molecular formula is C14H11BrFNO2. The van der Waals surface area contributed by atoms with Gasteiger partial charge in [0.1, 0.15) is 11.6 Å². The number of nitrogens with one attached hydrogen (secondary N) is 1. The van der Waals surface area contributed by atoms with E-state index in [1.54, 1.807) is 24.3 Å². The van der Waals surface area contributed by atoms with Crippen molar-refractivity contribution in [2.24, 2.45) is 0 Å². The van der Waals surface area contributed by atoms with Crippen LogP contribution in [0.15, 0.2) is 46.9 Å². The lowest BCUT2D eigenvalue weighted by molar-refractivity contribution is 0.0946. The molecule has 1 amide bonds. The molecule has 98 valence electrons. The summed E-state index contributed by atoms with van der Waals surface area (Å²) >= 11 is 3.03. The highest BCUT2D eigenvalue weighted by molar-refractivity contribution is 9.10. The van der Waals surface area contributed by atoms with Crippen LogP contribution in [0.2, 0.25) is 0 Å². The SMILES string of the molecule is O=C(NCc1ccccc1O)c1cccc(Br)c1F. The van der Waals surface area contributed by atoms with E-state index in [2.05, 4.69) is 21.2 Å². The quantitative estimate of drug-likeness (QED) is 0.911. The standard InChI is InChI=1S/C14H11BrFNO2/c15-11-6-3-5-10(13(11)16)14(19)17-8-9-4-1-2-7-12(9)18/h1-7,18H,8H2,(H,17,19). The molecule has 2 aromatic carbocycles. The lowest BCUT2D eigenvalue weighted by Crippen LogP contribution is -2.23. The molecule has 0 aliphatic heterocycles. The molecule has 0 radical (unpaired) electrons. The van der Waals surface area contributed by atoms with E-state index in [9.17, 15) is 14.3 Å². The van der Waals surface area contributed by atoms with Crippen molar-refractivity contribution in [1.82, 2.24) is 5.32 Å². The van der Waals surface area contributed by atoms with Gasteiger partial charge >= 0.3 is 0 Å². The van der Waals surface area contributed by atoms with Gasteiger partial charge < -0.3 is 10.4 Å². The molecule has 0 unspecified atom stereocenters. The third kappa shape index (κ3) is 3.12. The highest BCUT2D eigenvalue weighted by Gasteiger charge is 2.13. The molecule has 0 fully saturated rings. The first-order chi connectivity index (χ1) is 9.09. The average molecular weight is 324 g/mol. The molecule has 0 spiro atoms. The lowest BCUT2D eigenvalue weighted by atomic mass is 10.1. The smallest absolute Gasteiger partial charge is 0.254 e. The molecule has 19 heavy (non-hydrogen) atoms. The van der Waals surface area contributed by atoms with E-state index in [1.807, 2.05) is 0 Å². The fourth-order valence-corrected chi connectivity index (χ4v) is 1.98. The molecule has 0 atom stereocenters. The van der Waals surface area contributed by atoms with Crippen molar-refractivity contribution in [3.05, 3.63) is 63.9 Å². The second kappa shape index (κ2) is 5.84. The third-order valence-electron chi connectivity index (χ3n) is 2.63. The van der Waals surface area contributed by atoms with Gasteiger partial charge in [-0.2, -0.15) is 0 Å². The summed E-state index contributed by atoms with van der Waals surface area (Å²) in [5, 5.41) is 12.1. The summed E-state index contributed by atoms with van der Waals surface area (Å²) in [4.78, 5) is 11.8. The van der Waals surface area contributed by atoms with Crippen LogP contribution in [0.3, 0.4) is 0 Å². The zero-order valence-electron chi connectivity index (χ0n) is 9.86. The average Bonchev–Trinajstić information content (AvgIpc) is 2.40. The van der Waals surface area contributed by atoms with E-state index < -0.39 is 11.7 Å². The minimum Gasteiger partial charge on any atom is -0.508 e. The number of phenolic OH excluding ortho intramolecular Hbond substituents is 1. The van der Waals surface area contributed by atoms with Gasteiger partial charge in [0, 0.05) is 12.1 Å². The van der Waals surface area contributed by atoms with E-state index in [1.165, 1.54) is 18.2 Å². The van der Waals surface area contributed by atoms with Crippen molar-refractivity contribution in [1.29, 1.82) is 0 Å². The van der Waals surface area contributed by atoms with Crippen LogP contribution in [0.25, 0.3) is 0 Å². The number of phenols is 1. The first-order valence-electron chi connectivity index (χ1n) is 5.58. The maximum Gasteiger partial charge on any atom is 0.254 e. The summed E-state index contributed by atoms with van der Waals surface area (Å²) in [6, 6.07) is 11.2. The zero-order valence-corrected chi connectivity index (χ0v) is 11.4. The van der Waals surface area contributed by atoms with Gasteiger partial charge in [0.05, 0.1) is 10.0 Å². The number of halogens is 2. The summed E-state index contributed by atoms with van der Waals surface area (Å²) in [5.74, 6) is -1.03. The Hall–Kier alpha value is -1.88. The molecule has 3 nitrogen and oxygen atoms in total. The topological polar surface area (TPSA) is 49.3 Å². The Balaban J connectivity index is 2.10. The number of aromatic hydroxyl groups is 1. The molecule has 2 rings (SSSR count). The van der Waals surface area contributed by atoms with Crippen LogP contribution in [0.5, 0.6) is 5.75 Å². The maximum atomic E-state index is 13.7. The van der Waals surface area contributed by atoms with Gasteiger partial charge in [-0.25, -0.2) is 4.39 Å². The van der Waals surface area contributed by atoms with Gasteiger partial charge in [-0.15, -0.1) is 0 Å². The van der Waals surface area contributed by atoms with Gasteiger partial charge in [0.25, 0.3) is 5.91 Å². The fraction of sp³-hybridized carbons (Fsp3) is 0.0714. The molecule has 0 aromatic heterocycles. The number of carbonyl (C=O) groups excluding carboxylic acids is 1. The Kier molecular flexibility index (Phi) is 4.16. The Bertz CT molecular complexity index is 616. The molecule has 0 saturated carbocycles. The van der Waals surface area contributed by atoms with Crippen LogP contribution < -0.4 is 5.32 Å². The highest BCUT2D eigenvalue weighted by atomic mass is 79.9. The lowest BCUT2D eigenvalue weighted by Gasteiger charge is -2.08. The predicted molar refractivity (Wildman–Crippen MR) is 73.4 cm³/mol. The van der Waals surface area contributed by atoms with Crippen LogP contribution in [0.4, 0.5) is 4.39 Å². The van der Waals surface area contributed by atoms with Gasteiger partial charge in [-0.3, -0.25) is 4.79 Å². The Labute approximate surface area is 118 Å². The maximum absolute atomic E-state index is 13.7. The van der Waals surface area contributed by atoms with Gasteiger partial charge in [0.15, 0.2) is 0 Å². The van der Waals surface area contributed by atoms with Gasteiger partial charge in [0.2, 0.25) is 0 Å². The minimum absolute atomic E-state index is 0.0372. The van der Waals surface area contributed by atoms with Crippen LogP contribution in [0, 0.1) is 5.82 Å². The zero-order chi connectivity index (χ0) is 13.8. The van der Waals surface area contributed by atoms with Crippen molar-refractivity contribution in [3.63, 3.8) is 0 Å². The number of amides is 1. The second-order valence-corrected chi connectivity index (χ2v) is 4.77. The fourth-order valence-electron chi connectivity index (χ4n) is 1.61. The number of para-hydroxylation sites is 1. The van der Waals surface area contributed by atoms with E-state index >= 15 is 0 Å². The van der Waals surface area contributed by atoms with Crippen molar-refractivity contribution in [3.8, 4) is 5.75 Å². The number of benzene rings is 2. The molecule has 2 N–H and O–H groups in total. The number of hydrogen-bond donors (Lipinski definition) is 2.